The van der Waals surface area contributed by atoms with Crippen LogP contribution < -0.4 is 5.32 Å². The van der Waals surface area contributed by atoms with E-state index in [9.17, 15) is 0 Å². The third-order valence-electron chi connectivity index (χ3n) is 3.31. The number of aryl methyl sites for hydroxylation is 2. The highest BCUT2D eigenvalue weighted by molar-refractivity contribution is 8.00. The fraction of sp³-hybridized carbons (Fsp3) is 0.500. The summed E-state index contributed by atoms with van der Waals surface area (Å²) in [7, 11) is 0. The van der Waals surface area contributed by atoms with Crippen molar-refractivity contribution in [1.82, 2.24) is 5.32 Å². The highest BCUT2D eigenvalue weighted by Crippen LogP contribution is 2.47. The maximum Gasteiger partial charge on any atom is 0.0908 e. The Morgan fingerprint density at radius 3 is 3.14 bits per heavy atom. The van der Waals surface area contributed by atoms with Crippen LogP contribution in [-0.2, 0) is 11.3 Å². The molecule has 1 atom stereocenters. The van der Waals surface area contributed by atoms with Crippen LogP contribution in [0.1, 0.15) is 23.1 Å². The molecule has 0 bridgehead atoms. The second-order valence-corrected chi connectivity index (χ2v) is 5.66. The lowest BCUT2D eigenvalue weighted by Crippen LogP contribution is -2.31. The summed E-state index contributed by atoms with van der Waals surface area (Å²) in [6.07, 6.45) is 2.52. The zero-order valence-electron chi connectivity index (χ0n) is 8.47. The second-order valence-electron chi connectivity index (χ2n) is 4.26. The monoisotopic (exact) mass is 205 g/mol. The molecule has 1 spiro atoms. The molecule has 1 aliphatic carbocycles. The molecule has 1 N–H and O–H groups in total. The van der Waals surface area contributed by atoms with Crippen molar-refractivity contribution in [3.63, 3.8) is 0 Å². The number of rotatable bonds is 0. The molecule has 2 aliphatic rings. The van der Waals surface area contributed by atoms with Crippen molar-refractivity contribution in [2.24, 2.45) is 0 Å². The summed E-state index contributed by atoms with van der Waals surface area (Å²) < 4.78 is 0. The van der Waals surface area contributed by atoms with Gasteiger partial charge < -0.3 is 0 Å². The molecule has 0 radical (unpaired) electrons. The highest BCUT2D eigenvalue weighted by Gasteiger charge is 2.41. The zero-order chi connectivity index (χ0) is 9.60. The number of hydrogen-bond acceptors (Lipinski definition) is 2. The molecule has 1 aliphatic heterocycles. The Morgan fingerprint density at radius 2 is 2.36 bits per heavy atom. The number of benzene rings is 1. The van der Waals surface area contributed by atoms with Crippen LogP contribution in [0.3, 0.4) is 0 Å². The minimum atomic E-state index is 0.279. The minimum absolute atomic E-state index is 0.279. The molecule has 3 rings (SSSR count). The van der Waals surface area contributed by atoms with Crippen molar-refractivity contribution in [3.05, 3.63) is 34.9 Å². The molecular formula is C12H15NS. The van der Waals surface area contributed by atoms with E-state index in [-0.39, 0.29) is 4.87 Å². The average Bonchev–Trinajstić information content (AvgIpc) is 2.77. The maximum atomic E-state index is 3.68. The number of fused-ring (bicyclic) bond motifs is 2. The molecule has 74 valence electrons. The number of nitrogens with one attached hydrogen (secondary N) is 1. The van der Waals surface area contributed by atoms with Gasteiger partial charge in [-0.3, -0.25) is 5.32 Å². The van der Waals surface area contributed by atoms with E-state index in [4.69, 9.17) is 0 Å². The topological polar surface area (TPSA) is 12.0 Å². The van der Waals surface area contributed by atoms with Crippen LogP contribution in [0.5, 0.6) is 0 Å². The van der Waals surface area contributed by atoms with Crippen molar-refractivity contribution >= 4 is 11.8 Å². The summed E-state index contributed by atoms with van der Waals surface area (Å²) >= 11 is 2.09. The summed E-state index contributed by atoms with van der Waals surface area (Å²) in [5.41, 5.74) is 4.50. The lowest BCUT2D eigenvalue weighted by molar-refractivity contribution is 0.522. The Morgan fingerprint density at radius 1 is 1.43 bits per heavy atom. The van der Waals surface area contributed by atoms with Crippen LogP contribution in [0, 0.1) is 6.92 Å². The fourth-order valence-electron chi connectivity index (χ4n) is 2.59. The molecule has 0 aromatic heterocycles. The Kier molecular flexibility index (Phi) is 1.89. The molecular weight excluding hydrogens is 190 g/mol. The predicted octanol–water partition coefficient (Wildman–Crippen LogP) is 2.43. The maximum absolute atomic E-state index is 3.68. The Bertz CT molecular complexity index is 367. The van der Waals surface area contributed by atoms with E-state index in [2.05, 4.69) is 42.2 Å². The van der Waals surface area contributed by atoms with Crippen LogP contribution in [0.2, 0.25) is 0 Å². The molecule has 14 heavy (non-hydrogen) atoms. The minimum Gasteiger partial charge on any atom is -0.298 e. The van der Waals surface area contributed by atoms with Gasteiger partial charge in [0, 0.05) is 12.3 Å². The van der Waals surface area contributed by atoms with Gasteiger partial charge in [0.15, 0.2) is 0 Å². The van der Waals surface area contributed by atoms with Gasteiger partial charge in [0.2, 0.25) is 0 Å². The Hall–Kier alpha value is -0.470. The van der Waals surface area contributed by atoms with Crippen molar-refractivity contribution in [3.8, 4) is 0 Å². The predicted molar refractivity (Wildman–Crippen MR) is 61.6 cm³/mol. The lowest BCUT2D eigenvalue weighted by Gasteiger charge is -2.24. The van der Waals surface area contributed by atoms with Gasteiger partial charge in [0.05, 0.1) is 4.87 Å². The van der Waals surface area contributed by atoms with Gasteiger partial charge in [-0.15, -0.1) is 11.8 Å². The molecule has 1 heterocycles. The summed E-state index contributed by atoms with van der Waals surface area (Å²) in [4.78, 5) is 0.279. The van der Waals surface area contributed by atoms with Gasteiger partial charge >= 0.3 is 0 Å². The molecule has 1 fully saturated rings. The van der Waals surface area contributed by atoms with E-state index < -0.39 is 0 Å². The molecule has 1 aromatic rings. The SMILES string of the molecule is Cc1ccc2c(c1)C1(CC2)NCCS1. The van der Waals surface area contributed by atoms with Crippen molar-refractivity contribution < 1.29 is 0 Å². The first-order chi connectivity index (χ1) is 6.80. The van der Waals surface area contributed by atoms with Crippen molar-refractivity contribution in [1.29, 1.82) is 0 Å². The van der Waals surface area contributed by atoms with E-state index >= 15 is 0 Å². The molecule has 2 heteroatoms. The molecule has 1 unspecified atom stereocenters. The summed E-state index contributed by atoms with van der Waals surface area (Å²) in [6, 6.07) is 6.91. The molecule has 1 aromatic carbocycles. The average molecular weight is 205 g/mol. The smallest absolute Gasteiger partial charge is 0.0908 e. The van der Waals surface area contributed by atoms with E-state index in [1.807, 2.05) is 0 Å². The summed E-state index contributed by atoms with van der Waals surface area (Å²) in [5.74, 6) is 1.26. The normalized spacial score (nSPS) is 29.8. The Balaban J connectivity index is 2.12. The fourth-order valence-corrected chi connectivity index (χ4v) is 3.94. The van der Waals surface area contributed by atoms with E-state index in [1.54, 1.807) is 11.1 Å². The first-order valence-electron chi connectivity index (χ1n) is 5.29. The van der Waals surface area contributed by atoms with Crippen LogP contribution >= 0.6 is 11.8 Å². The summed E-state index contributed by atoms with van der Waals surface area (Å²) in [5, 5.41) is 3.68. The second kappa shape index (κ2) is 3.01. The van der Waals surface area contributed by atoms with Gasteiger partial charge in [-0.05, 0) is 30.9 Å². The van der Waals surface area contributed by atoms with Gasteiger partial charge in [-0.25, -0.2) is 0 Å². The van der Waals surface area contributed by atoms with Crippen molar-refractivity contribution in [2.45, 2.75) is 24.6 Å². The molecule has 1 saturated heterocycles. The molecule has 0 saturated carbocycles. The number of thioether (sulfide) groups is 1. The number of hydrogen-bond donors (Lipinski definition) is 1. The van der Waals surface area contributed by atoms with Crippen LogP contribution in [0.25, 0.3) is 0 Å². The highest BCUT2D eigenvalue weighted by atomic mass is 32.2. The third kappa shape index (κ3) is 1.14. The van der Waals surface area contributed by atoms with Gasteiger partial charge in [0.25, 0.3) is 0 Å². The van der Waals surface area contributed by atoms with Gasteiger partial charge in [0.1, 0.15) is 0 Å². The van der Waals surface area contributed by atoms with E-state index in [1.165, 1.54) is 24.2 Å². The third-order valence-corrected chi connectivity index (χ3v) is 4.78. The first kappa shape index (κ1) is 8.81. The standard InChI is InChI=1S/C12H15NS/c1-9-2-3-10-4-5-12(11(10)8-9)13-6-7-14-12/h2-3,8,13H,4-7H2,1H3. The van der Waals surface area contributed by atoms with Crippen LogP contribution in [0.4, 0.5) is 0 Å². The summed E-state index contributed by atoms with van der Waals surface area (Å²) in [6.45, 7) is 3.35. The zero-order valence-corrected chi connectivity index (χ0v) is 9.29. The van der Waals surface area contributed by atoms with Gasteiger partial charge in [-0.2, -0.15) is 0 Å². The van der Waals surface area contributed by atoms with Crippen LogP contribution in [0.15, 0.2) is 18.2 Å². The van der Waals surface area contributed by atoms with E-state index in [0.717, 1.165) is 6.54 Å². The van der Waals surface area contributed by atoms with Crippen LogP contribution in [-0.4, -0.2) is 12.3 Å². The van der Waals surface area contributed by atoms with Gasteiger partial charge in [-0.1, -0.05) is 23.8 Å². The Labute approximate surface area is 89.3 Å². The first-order valence-corrected chi connectivity index (χ1v) is 6.28. The lowest BCUT2D eigenvalue weighted by atomic mass is 10.0. The molecule has 1 nitrogen and oxygen atoms in total. The largest absolute Gasteiger partial charge is 0.298 e. The van der Waals surface area contributed by atoms with E-state index in [0.29, 0.717) is 0 Å². The molecule has 0 amide bonds. The quantitative estimate of drug-likeness (QED) is 0.698. The van der Waals surface area contributed by atoms with Crippen molar-refractivity contribution in [2.75, 3.05) is 12.3 Å².